The molecule has 0 aliphatic carbocycles. The van der Waals surface area contributed by atoms with Crippen LogP contribution in [-0.4, -0.2) is 34.7 Å². The summed E-state index contributed by atoms with van der Waals surface area (Å²) in [7, 11) is 3.23. The van der Waals surface area contributed by atoms with Crippen molar-refractivity contribution in [2.75, 3.05) is 14.2 Å². The fourth-order valence-corrected chi connectivity index (χ4v) is 1.71. The molecule has 2 aromatic heterocycles. The average Bonchev–Trinajstić information content (AvgIpc) is 2.86. The van der Waals surface area contributed by atoms with E-state index in [0.29, 0.717) is 12.1 Å². The molecule has 0 saturated carbocycles. The minimum Gasteiger partial charge on any atom is -0.465 e. The first-order valence-corrected chi connectivity index (χ1v) is 5.91. The minimum atomic E-state index is -0.377. The smallest absolute Gasteiger partial charge is 0.339 e. The molecule has 0 amide bonds. The van der Waals surface area contributed by atoms with Crippen LogP contribution < -0.4 is 5.32 Å². The van der Waals surface area contributed by atoms with Crippen molar-refractivity contribution >= 4 is 5.97 Å². The van der Waals surface area contributed by atoms with Gasteiger partial charge in [0.05, 0.1) is 36.9 Å². The molecule has 0 aliphatic rings. The number of hydrogen-bond acceptors (Lipinski definition) is 5. The van der Waals surface area contributed by atoms with Crippen molar-refractivity contribution in [2.45, 2.75) is 13.1 Å². The first kappa shape index (κ1) is 13.2. The van der Waals surface area contributed by atoms with Gasteiger partial charge in [0.25, 0.3) is 0 Å². The fourth-order valence-electron chi connectivity index (χ4n) is 1.71. The zero-order valence-corrected chi connectivity index (χ0v) is 11.0. The lowest BCUT2D eigenvalue weighted by Crippen LogP contribution is -2.05. The highest BCUT2D eigenvalue weighted by Gasteiger charge is 2.06. The van der Waals surface area contributed by atoms with E-state index in [1.807, 2.05) is 23.9 Å². The Bertz CT molecular complexity index is 548. The van der Waals surface area contributed by atoms with E-state index >= 15 is 0 Å². The number of carbonyl (C=O) groups excluding carboxylic acids is 1. The number of esters is 1. The Balaban J connectivity index is 2.04. The topological polar surface area (TPSA) is 69.0 Å². The third-order valence-electron chi connectivity index (χ3n) is 2.64. The highest BCUT2D eigenvalue weighted by Crippen LogP contribution is 2.05. The Morgan fingerprint density at radius 2 is 2.21 bits per heavy atom. The monoisotopic (exact) mass is 260 g/mol. The molecule has 2 aromatic rings. The molecule has 2 heterocycles. The number of ether oxygens (including phenoxy) is 1. The lowest BCUT2D eigenvalue weighted by atomic mass is 10.2. The van der Waals surface area contributed by atoms with Gasteiger partial charge < -0.3 is 14.6 Å². The molecule has 0 radical (unpaired) electrons. The Morgan fingerprint density at radius 3 is 2.84 bits per heavy atom. The average molecular weight is 260 g/mol. The molecule has 0 aliphatic heterocycles. The van der Waals surface area contributed by atoms with Gasteiger partial charge in [0.2, 0.25) is 0 Å². The predicted molar refractivity (Wildman–Crippen MR) is 69.7 cm³/mol. The molecule has 1 N–H and O–H groups in total. The summed E-state index contributed by atoms with van der Waals surface area (Å²) in [5, 5.41) is 3.04. The van der Waals surface area contributed by atoms with Crippen LogP contribution in [-0.2, 0) is 17.8 Å². The number of aromatic nitrogens is 3. The van der Waals surface area contributed by atoms with Crippen LogP contribution >= 0.6 is 0 Å². The number of hydrogen-bond donors (Lipinski definition) is 1. The number of imidazole rings is 1. The maximum Gasteiger partial charge on any atom is 0.339 e. The van der Waals surface area contributed by atoms with E-state index in [4.69, 9.17) is 0 Å². The van der Waals surface area contributed by atoms with Crippen LogP contribution in [0, 0.1) is 0 Å². The summed E-state index contributed by atoms with van der Waals surface area (Å²) < 4.78 is 6.57. The SMILES string of the molecule is CNCc1cn(Cc2ccc(C(=O)OC)cn2)cn1. The van der Waals surface area contributed by atoms with Gasteiger partial charge in [-0.3, -0.25) is 4.98 Å². The largest absolute Gasteiger partial charge is 0.465 e. The Morgan fingerprint density at radius 1 is 1.37 bits per heavy atom. The molecule has 0 unspecified atom stereocenters. The van der Waals surface area contributed by atoms with Crippen molar-refractivity contribution in [3.05, 3.63) is 47.8 Å². The van der Waals surface area contributed by atoms with Gasteiger partial charge in [-0.15, -0.1) is 0 Å². The van der Waals surface area contributed by atoms with Crippen LogP contribution in [0.15, 0.2) is 30.9 Å². The summed E-state index contributed by atoms with van der Waals surface area (Å²) in [5.74, 6) is -0.377. The lowest BCUT2D eigenvalue weighted by molar-refractivity contribution is 0.0600. The molecule has 0 spiro atoms. The van der Waals surface area contributed by atoms with Crippen LogP contribution in [0.2, 0.25) is 0 Å². The first-order valence-electron chi connectivity index (χ1n) is 5.91. The molecule has 0 fully saturated rings. The lowest BCUT2D eigenvalue weighted by Gasteiger charge is -2.03. The molecule has 6 nitrogen and oxygen atoms in total. The summed E-state index contributed by atoms with van der Waals surface area (Å²) in [6.45, 7) is 1.36. The van der Waals surface area contributed by atoms with Crippen LogP contribution in [0.1, 0.15) is 21.7 Å². The number of carbonyl (C=O) groups is 1. The van der Waals surface area contributed by atoms with E-state index < -0.39 is 0 Å². The molecule has 0 atom stereocenters. The van der Waals surface area contributed by atoms with Crippen molar-refractivity contribution in [2.24, 2.45) is 0 Å². The molecule has 0 aromatic carbocycles. The van der Waals surface area contributed by atoms with E-state index in [1.165, 1.54) is 13.3 Å². The van der Waals surface area contributed by atoms with Crippen molar-refractivity contribution in [3.63, 3.8) is 0 Å². The molecule has 0 bridgehead atoms. The fraction of sp³-hybridized carbons (Fsp3) is 0.308. The highest BCUT2D eigenvalue weighted by molar-refractivity contribution is 5.88. The van der Waals surface area contributed by atoms with E-state index in [0.717, 1.165) is 17.9 Å². The minimum absolute atomic E-state index is 0.377. The second-order valence-corrected chi connectivity index (χ2v) is 4.10. The third kappa shape index (κ3) is 3.38. The molecule has 6 heteroatoms. The highest BCUT2D eigenvalue weighted by atomic mass is 16.5. The quantitative estimate of drug-likeness (QED) is 0.806. The van der Waals surface area contributed by atoms with Crippen LogP contribution in [0.3, 0.4) is 0 Å². The van der Waals surface area contributed by atoms with Crippen molar-refractivity contribution < 1.29 is 9.53 Å². The van der Waals surface area contributed by atoms with E-state index in [2.05, 4.69) is 20.0 Å². The summed E-state index contributed by atoms with van der Waals surface area (Å²) in [6, 6.07) is 3.52. The number of rotatable bonds is 5. The van der Waals surface area contributed by atoms with Crippen LogP contribution in [0.5, 0.6) is 0 Å². The van der Waals surface area contributed by atoms with Gasteiger partial charge >= 0.3 is 5.97 Å². The number of methoxy groups -OCH3 is 1. The van der Waals surface area contributed by atoms with Crippen molar-refractivity contribution in [1.29, 1.82) is 0 Å². The maximum atomic E-state index is 11.3. The molecule has 0 saturated heterocycles. The molecule has 100 valence electrons. The van der Waals surface area contributed by atoms with Crippen LogP contribution in [0.4, 0.5) is 0 Å². The zero-order chi connectivity index (χ0) is 13.7. The van der Waals surface area contributed by atoms with E-state index in [-0.39, 0.29) is 5.97 Å². The van der Waals surface area contributed by atoms with Crippen LogP contribution in [0.25, 0.3) is 0 Å². The number of nitrogens with one attached hydrogen (secondary N) is 1. The Labute approximate surface area is 111 Å². The molecular formula is C13H16N4O2. The van der Waals surface area contributed by atoms with Gasteiger partial charge in [-0.1, -0.05) is 0 Å². The molecular weight excluding hydrogens is 244 g/mol. The first-order chi connectivity index (χ1) is 9.22. The third-order valence-corrected chi connectivity index (χ3v) is 2.64. The number of nitrogens with zero attached hydrogens (tertiary/aromatic N) is 3. The van der Waals surface area contributed by atoms with Gasteiger partial charge in [-0.25, -0.2) is 9.78 Å². The van der Waals surface area contributed by atoms with Gasteiger partial charge in [0.1, 0.15) is 0 Å². The summed E-state index contributed by atoms with van der Waals surface area (Å²) in [4.78, 5) is 19.8. The van der Waals surface area contributed by atoms with Crippen molar-refractivity contribution in [3.8, 4) is 0 Å². The van der Waals surface area contributed by atoms with Crippen molar-refractivity contribution in [1.82, 2.24) is 19.9 Å². The zero-order valence-electron chi connectivity index (χ0n) is 11.0. The van der Waals surface area contributed by atoms with Gasteiger partial charge in [0, 0.05) is 18.9 Å². The number of pyridine rings is 1. The maximum absolute atomic E-state index is 11.3. The van der Waals surface area contributed by atoms with Gasteiger partial charge in [-0.2, -0.15) is 0 Å². The van der Waals surface area contributed by atoms with Gasteiger partial charge in [-0.05, 0) is 19.2 Å². The second kappa shape index (κ2) is 6.10. The second-order valence-electron chi connectivity index (χ2n) is 4.10. The standard InChI is InChI=1S/C13H16N4O2/c1-14-6-12-8-17(9-16-12)7-11-4-3-10(5-15-11)13(18)19-2/h3-5,8-9,14H,6-7H2,1-2H3. The summed E-state index contributed by atoms with van der Waals surface area (Å²) >= 11 is 0. The Hall–Kier alpha value is -2.21. The molecule has 2 rings (SSSR count). The summed E-state index contributed by atoms with van der Waals surface area (Å²) in [6.07, 6.45) is 5.25. The predicted octanol–water partition coefficient (Wildman–Crippen LogP) is 0.832. The Kier molecular flexibility index (Phi) is 4.25. The summed E-state index contributed by atoms with van der Waals surface area (Å²) in [5.41, 5.74) is 2.29. The van der Waals surface area contributed by atoms with E-state index in [1.54, 1.807) is 12.4 Å². The molecule has 19 heavy (non-hydrogen) atoms. The van der Waals surface area contributed by atoms with E-state index in [9.17, 15) is 4.79 Å². The van der Waals surface area contributed by atoms with Gasteiger partial charge in [0.15, 0.2) is 0 Å². The normalized spacial score (nSPS) is 10.4.